The second-order valence-electron chi connectivity index (χ2n) is 9.11. The monoisotopic (exact) mass is 488 g/mol. The summed E-state index contributed by atoms with van der Waals surface area (Å²) in [5, 5.41) is 2.91. The summed E-state index contributed by atoms with van der Waals surface area (Å²) in [4.78, 5) is 47.2. The third-order valence-corrected chi connectivity index (χ3v) is 6.94. The number of furan rings is 1. The van der Waals surface area contributed by atoms with Gasteiger partial charge in [0.15, 0.2) is 5.76 Å². The molecule has 2 aliphatic heterocycles. The number of hydrogen-bond donors (Lipinski definition) is 1. The molecule has 9 nitrogen and oxygen atoms in total. The fourth-order valence-corrected chi connectivity index (χ4v) is 4.94. The molecule has 3 amide bonds. The molecule has 1 spiro atoms. The number of pyridine rings is 1. The summed E-state index contributed by atoms with van der Waals surface area (Å²) in [5.74, 6) is -0.607. The average Bonchev–Trinajstić information content (AvgIpc) is 3.57. The van der Waals surface area contributed by atoms with E-state index < -0.39 is 17.7 Å². The number of benzene rings is 1. The molecule has 2 aromatic heterocycles. The molecule has 0 bridgehead atoms. The molecule has 0 aliphatic carbocycles. The van der Waals surface area contributed by atoms with Gasteiger partial charge in [-0.05, 0) is 48.4 Å². The van der Waals surface area contributed by atoms with Crippen LogP contribution in [0.4, 0.5) is 0 Å². The van der Waals surface area contributed by atoms with Gasteiger partial charge < -0.3 is 19.4 Å². The lowest BCUT2D eigenvalue weighted by atomic mass is 9.96. The minimum absolute atomic E-state index is 0.0449. The van der Waals surface area contributed by atoms with Crippen molar-refractivity contribution in [2.75, 3.05) is 19.7 Å². The Hall–Kier alpha value is -3.98. The molecule has 2 saturated heterocycles. The number of aromatic nitrogens is 1. The van der Waals surface area contributed by atoms with Crippen molar-refractivity contribution in [2.24, 2.45) is 0 Å². The number of rotatable bonds is 5. The van der Waals surface area contributed by atoms with Crippen LogP contribution in [0.1, 0.15) is 44.9 Å². The van der Waals surface area contributed by atoms with Crippen LogP contribution in [0.5, 0.6) is 0 Å². The normalized spacial score (nSPS) is 18.9. The average molecular weight is 489 g/mol. The molecular weight excluding hydrogens is 460 g/mol. The zero-order valence-electron chi connectivity index (χ0n) is 20.1. The van der Waals surface area contributed by atoms with Crippen molar-refractivity contribution in [1.82, 2.24) is 20.1 Å². The van der Waals surface area contributed by atoms with E-state index in [0.29, 0.717) is 38.0 Å². The number of carbonyl (C=O) groups is 3. The molecule has 9 heteroatoms. The van der Waals surface area contributed by atoms with Crippen molar-refractivity contribution >= 4 is 17.7 Å². The molecule has 3 aromatic rings. The van der Waals surface area contributed by atoms with Gasteiger partial charge in [-0.2, -0.15) is 0 Å². The highest BCUT2D eigenvalue weighted by atomic mass is 16.5. The molecule has 1 N–H and O–H groups in total. The molecule has 1 atom stereocenters. The van der Waals surface area contributed by atoms with E-state index in [1.807, 2.05) is 43.3 Å². The van der Waals surface area contributed by atoms with Gasteiger partial charge in [0.1, 0.15) is 11.8 Å². The van der Waals surface area contributed by atoms with Crippen molar-refractivity contribution in [3.63, 3.8) is 0 Å². The van der Waals surface area contributed by atoms with E-state index in [2.05, 4.69) is 10.3 Å². The van der Waals surface area contributed by atoms with E-state index >= 15 is 0 Å². The lowest BCUT2D eigenvalue weighted by Gasteiger charge is -2.44. The first-order valence-electron chi connectivity index (χ1n) is 12.0. The van der Waals surface area contributed by atoms with Crippen molar-refractivity contribution in [1.29, 1.82) is 0 Å². The van der Waals surface area contributed by atoms with Gasteiger partial charge in [0.05, 0.1) is 12.9 Å². The van der Waals surface area contributed by atoms with Gasteiger partial charge in [0, 0.05) is 50.4 Å². The number of aryl methyl sites for hydroxylation is 1. The predicted molar refractivity (Wildman–Crippen MR) is 130 cm³/mol. The van der Waals surface area contributed by atoms with Gasteiger partial charge in [-0.15, -0.1) is 0 Å². The fraction of sp³-hybridized carbons (Fsp3) is 0.333. The smallest absolute Gasteiger partial charge is 0.292 e. The molecule has 186 valence electrons. The SMILES string of the molecule is Cc1ccccc1C(=O)N1CCC2(CC1)OCC(C(=O)NCc1ccncc1)N2C(=O)c1ccco1. The molecule has 5 rings (SSSR count). The highest BCUT2D eigenvalue weighted by Gasteiger charge is 2.54. The summed E-state index contributed by atoms with van der Waals surface area (Å²) >= 11 is 0. The van der Waals surface area contributed by atoms with E-state index in [1.165, 1.54) is 11.2 Å². The molecule has 2 fully saturated rings. The number of carbonyl (C=O) groups excluding carboxylic acids is 3. The fourth-order valence-electron chi connectivity index (χ4n) is 4.94. The van der Waals surface area contributed by atoms with Gasteiger partial charge >= 0.3 is 0 Å². The quantitative estimate of drug-likeness (QED) is 0.592. The Morgan fingerprint density at radius 3 is 2.47 bits per heavy atom. The van der Waals surface area contributed by atoms with Crippen LogP contribution in [0.15, 0.2) is 71.6 Å². The van der Waals surface area contributed by atoms with Crippen LogP contribution >= 0.6 is 0 Å². The molecule has 0 saturated carbocycles. The van der Waals surface area contributed by atoms with Gasteiger partial charge in [-0.1, -0.05) is 18.2 Å². The van der Waals surface area contributed by atoms with E-state index in [0.717, 1.165) is 11.1 Å². The van der Waals surface area contributed by atoms with Crippen LogP contribution < -0.4 is 5.32 Å². The van der Waals surface area contributed by atoms with Crippen LogP contribution in [0.2, 0.25) is 0 Å². The van der Waals surface area contributed by atoms with E-state index in [9.17, 15) is 14.4 Å². The number of nitrogens with zero attached hydrogens (tertiary/aromatic N) is 3. The first-order valence-corrected chi connectivity index (χ1v) is 12.0. The summed E-state index contributed by atoms with van der Waals surface area (Å²) in [7, 11) is 0. The van der Waals surface area contributed by atoms with Gasteiger partial charge in [0.2, 0.25) is 5.91 Å². The van der Waals surface area contributed by atoms with Crippen molar-refractivity contribution in [2.45, 2.75) is 38.1 Å². The van der Waals surface area contributed by atoms with E-state index in [4.69, 9.17) is 9.15 Å². The Balaban J connectivity index is 1.34. The Morgan fingerprint density at radius 2 is 1.78 bits per heavy atom. The molecule has 1 unspecified atom stereocenters. The lowest BCUT2D eigenvalue weighted by molar-refractivity contribution is -0.128. The number of nitrogens with one attached hydrogen (secondary N) is 1. The third-order valence-electron chi connectivity index (χ3n) is 6.94. The molecule has 2 aliphatic rings. The Kier molecular flexibility index (Phi) is 6.56. The summed E-state index contributed by atoms with van der Waals surface area (Å²) in [5.41, 5.74) is 1.49. The first kappa shape index (κ1) is 23.7. The maximum Gasteiger partial charge on any atom is 0.292 e. The maximum atomic E-state index is 13.5. The van der Waals surface area contributed by atoms with Gasteiger partial charge in [0.25, 0.3) is 11.8 Å². The zero-order valence-corrected chi connectivity index (χ0v) is 20.1. The van der Waals surface area contributed by atoms with Crippen molar-refractivity contribution in [3.8, 4) is 0 Å². The number of ether oxygens (including phenoxy) is 1. The van der Waals surface area contributed by atoms with Crippen molar-refractivity contribution in [3.05, 3.63) is 89.6 Å². The Bertz CT molecular complexity index is 1240. The molecule has 1 aromatic carbocycles. The van der Waals surface area contributed by atoms with E-state index in [1.54, 1.807) is 29.4 Å². The van der Waals surface area contributed by atoms with Crippen LogP contribution in [0, 0.1) is 6.92 Å². The highest BCUT2D eigenvalue weighted by Crippen LogP contribution is 2.39. The molecular formula is C27H28N4O5. The van der Waals surface area contributed by atoms with Crippen molar-refractivity contribution < 1.29 is 23.5 Å². The van der Waals surface area contributed by atoms with Gasteiger partial charge in [-0.25, -0.2) is 0 Å². The molecule has 36 heavy (non-hydrogen) atoms. The van der Waals surface area contributed by atoms with Crippen LogP contribution in [0.25, 0.3) is 0 Å². The lowest BCUT2D eigenvalue weighted by Crippen LogP contribution is -2.59. The number of hydrogen-bond acceptors (Lipinski definition) is 6. The summed E-state index contributed by atoms with van der Waals surface area (Å²) < 4.78 is 11.6. The maximum absolute atomic E-state index is 13.5. The standard InChI is InChI=1S/C27H28N4O5/c1-19-5-2-3-6-21(19)25(33)30-14-10-27(11-15-30)31(26(34)23-7-4-16-35-23)22(18-36-27)24(32)29-17-20-8-12-28-13-9-20/h2-9,12-13,16,22H,10-11,14-15,17-18H2,1H3,(H,29,32). The molecule has 4 heterocycles. The summed E-state index contributed by atoms with van der Waals surface area (Å²) in [6.07, 6.45) is 5.54. The summed E-state index contributed by atoms with van der Waals surface area (Å²) in [6, 6.07) is 13.5. The van der Waals surface area contributed by atoms with Gasteiger partial charge in [-0.3, -0.25) is 24.3 Å². The largest absolute Gasteiger partial charge is 0.459 e. The van der Waals surface area contributed by atoms with Crippen LogP contribution in [-0.4, -0.2) is 64.0 Å². The summed E-state index contributed by atoms with van der Waals surface area (Å²) in [6.45, 7) is 3.10. The minimum Gasteiger partial charge on any atom is -0.459 e. The second kappa shape index (κ2) is 9.94. The molecule has 0 radical (unpaired) electrons. The highest BCUT2D eigenvalue weighted by molar-refractivity contribution is 5.97. The Labute approximate surface area is 209 Å². The minimum atomic E-state index is -0.995. The number of amides is 3. The van der Waals surface area contributed by atoms with Crippen LogP contribution in [0.3, 0.4) is 0 Å². The number of piperidine rings is 1. The third kappa shape index (κ3) is 4.49. The zero-order chi connectivity index (χ0) is 25.1. The predicted octanol–water partition coefficient (Wildman–Crippen LogP) is 2.77. The van der Waals surface area contributed by atoms with Crippen LogP contribution in [-0.2, 0) is 16.1 Å². The van der Waals surface area contributed by atoms with E-state index in [-0.39, 0.29) is 24.2 Å². The first-order chi connectivity index (χ1) is 17.5. The topological polar surface area (TPSA) is 105 Å². The Morgan fingerprint density at radius 1 is 1.03 bits per heavy atom. The number of likely N-dealkylation sites (tertiary alicyclic amines) is 1. The second-order valence-corrected chi connectivity index (χ2v) is 9.11.